The first-order chi connectivity index (χ1) is 7.63. The van der Waals surface area contributed by atoms with Crippen LogP contribution in [-0.4, -0.2) is 30.2 Å². The van der Waals surface area contributed by atoms with E-state index in [-0.39, 0.29) is 0 Å². The van der Waals surface area contributed by atoms with Crippen LogP contribution in [0.4, 0.5) is 5.69 Å². The molecule has 3 N–H and O–H groups in total. The summed E-state index contributed by atoms with van der Waals surface area (Å²) in [5.74, 6) is 0.584. The van der Waals surface area contributed by atoms with E-state index in [1.54, 1.807) is 0 Å². The van der Waals surface area contributed by atoms with E-state index in [0.717, 1.165) is 15.1 Å². The molecule has 1 atom stereocenters. The van der Waals surface area contributed by atoms with Crippen molar-refractivity contribution in [3.63, 3.8) is 0 Å². The highest BCUT2D eigenvalue weighted by Crippen LogP contribution is 2.28. The molecule has 3 nitrogen and oxygen atoms in total. The molecule has 5 heteroatoms. The topological polar surface area (TPSA) is 55.5 Å². The normalized spacial score (nSPS) is 12.7. The molecule has 1 aromatic rings. The maximum Gasteiger partial charge on any atom is 0.0867 e. The van der Waals surface area contributed by atoms with Gasteiger partial charge in [-0.15, -0.1) is 11.8 Å². The largest absolute Gasteiger partial charge is 0.398 e. The molecule has 0 bridgehead atoms. The third kappa shape index (κ3) is 4.74. The van der Waals surface area contributed by atoms with Crippen LogP contribution >= 0.6 is 27.7 Å². The summed E-state index contributed by atoms with van der Waals surface area (Å²) in [5, 5.41) is 9.60. The molecule has 16 heavy (non-hydrogen) atoms. The first kappa shape index (κ1) is 13.8. The summed E-state index contributed by atoms with van der Waals surface area (Å²) in [4.78, 5) is 0.977. The number of benzene rings is 1. The molecule has 1 unspecified atom stereocenters. The monoisotopic (exact) mass is 305 g/mol. The van der Waals surface area contributed by atoms with Crippen molar-refractivity contribution in [2.24, 2.45) is 0 Å². The van der Waals surface area contributed by atoms with Crippen molar-refractivity contribution in [2.45, 2.75) is 17.9 Å². The van der Waals surface area contributed by atoms with Gasteiger partial charge in [0.05, 0.1) is 12.7 Å². The number of anilines is 1. The zero-order valence-electron chi connectivity index (χ0n) is 9.15. The van der Waals surface area contributed by atoms with Gasteiger partial charge in [0, 0.05) is 27.4 Å². The Kier molecular flexibility index (Phi) is 6.20. The molecule has 0 spiro atoms. The summed E-state index contributed by atoms with van der Waals surface area (Å²) < 4.78 is 6.12. The lowest BCUT2D eigenvalue weighted by Gasteiger charge is -2.11. The van der Waals surface area contributed by atoms with E-state index in [0.29, 0.717) is 19.0 Å². The van der Waals surface area contributed by atoms with E-state index in [1.165, 1.54) is 11.8 Å². The Hall–Kier alpha value is -0.230. The van der Waals surface area contributed by atoms with Crippen LogP contribution in [0.5, 0.6) is 0 Å². The summed E-state index contributed by atoms with van der Waals surface area (Å²) in [7, 11) is 0. The van der Waals surface area contributed by atoms with E-state index in [1.807, 2.05) is 25.1 Å². The minimum atomic E-state index is -0.455. The SMILES string of the molecule is CCOCC(O)CSc1cc(Br)ccc1N. The zero-order chi connectivity index (χ0) is 12.0. The van der Waals surface area contributed by atoms with Crippen LogP contribution in [0, 0.1) is 0 Å². The summed E-state index contributed by atoms with van der Waals surface area (Å²) in [6.45, 7) is 2.91. The van der Waals surface area contributed by atoms with Crippen LogP contribution in [0.2, 0.25) is 0 Å². The highest BCUT2D eigenvalue weighted by Gasteiger charge is 2.07. The number of halogens is 1. The maximum atomic E-state index is 9.60. The Morgan fingerprint density at radius 1 is 1.56 bits per heavy atom. The van der Waals surface area contributed by atoms with Crippen molar-refractivity contribution >= 4 is 33.4 Å². The minimum absolute atomic E-state index is 0.372. The van der Waals surface area contributed by atoms with Gasteiger partial charge in [0.15, 0.2) is 0 Å². The number of nitrogens with two attached hydrogens (primary N) is 1. The van der Waals surface area contributed by atoms with Crippen LogP contribution in [0.1, 0.15) is 6.92 Å². The third-order valence-electron chi connectivity index (χ3n) is 1.92. The Morgan fingerprint density at radius 2 is 2.31 bits per heavy atom. The molecule has 0 radical (unpaired) electrons. The summed E-state index contributed by atoms with van der Waals surface area (Å²) in [6.07, 6.45) is -0.455. The fourth-order valence-corrected chi connectivity index (χ4v) is 2.55. The predicted octanol–water partition coefficient (Wildman–Crippen LogP) is 2.52. The van der Waals surface area contributed by atoms with Crippen molar-refractivity contribution in [1.29, 1.82) is 0 Å². The smallest absolute Gasteiger partial charge is 0.0867 e. The van der Waals surface area contributed by atoms with Gasteiger partial charge in [-0.1, -0.05) is 15.9 Å². The number of ether oxygens (including phenoxy) is 1. The van der Waals surface area contributed by atoms with E-state index < -0.39 is 6.10 Å². The van der Waals surface area contributed by atoms with Gasteiger partial charge in [0.2, 0.25) is 0 Å². The molecule has 1 rings (SSSR count). The second kappa shape index (κ2) is 7.17. The van der Waals surface area contributed by atoms with Crippen molar-refractivity contribution < 1.29 is 9.84 Å². The van der Waals surface area contributed by atoms with Crippen LogP contribution in [0.3, 0.4) is 0 Å². The maximum absolute atomic E-state index is 9.60. The zero-order valence-corrected chi connectivity index (χ0v) is 11.6. The minimum Gasteiger partial charge on any atom is -0.398 e. The predicted molar refractivity (Wildman–Crippen MR) is 71.8 cm³/mol. The van der Waals surface area contributed by atoms with E-state index >= 15 is 0 Å². The standard InChI is InChI=1S/C11H16BrNO2S/c1-2-15-6-9(14)7-16-11-5-8(12)3-4-10(11)13/h3-5,9,14H,2,6-7,13H2,1H3. The molecule has 0 amide bonds. The Balaban J connectivity index is 2.44. The molecule has 0 fully saturated rings. The molecule has 0 saturated heterocycles. The lowest BCUT2D eigenvalue weighted by molar-refractivity contribution is 0.0551. The van der Waals surface area contributed by atoms with Crippen molar-refractivity contribution in [1.82, 2.24) is 0 Å². The summed E-state index contributed by atoms with van der Waals surface area (Å²) in [5.41, 5.74) is 6.55. The van der Waals surface area contributed by atoms with Gasteiger partial charge in [0.25, 0.3) is 0 Å². The van der Waals surface area contributed by atoms with Crippen molar-refractivity contribution in [3.05, 3.63) is 22.7 Å². The fraction of sp³-hybridized carbons (Fsp3) is 0.455. The van der Waals surface area contributed by atoms with Gasteiger partial charge >= 0.3 is 0 Å². The van der Waals surface area contributed by atoms with E-state index in [4.69, 9.17) is 10.5 Å². The number of aliphatic hydroxyl groups excluding tert-OH is 1. The molecule has 0 aromatic heterocycles. The molecule has 0 aliphatic heterocycles. The summed E-state index contributed by atoms with van der Waals surface area (Å²) in [6, 6.07) is 5.70. The highest BCUT2D eigenvalue weighted by atomic mass is 79.9. The second-order valence-electron chi connectivity index (χ2n) is 3.31. The Bertz CT molecular complexity index is 336. The number of hydrogen-bond acceptors (Lipinski definition) is 4. The number of nitrogen functional groups attached to an aromatic ring is 1. The average molecular weight is 306 g/mol. The number of aliphatic hydroxyl groups is 1. The number of hydrogen-bond donors (Lipinski definition) is 2. The molecule has 0 heterocycles. The molecule has 90 valence electrons. The van der Waals surface area contributed by atoms with Crippen molar-refractivity contribution in [2.75, 3.05) is 24.7 Å². The fourth-order valence-electron chi connectivity index (χ4n) is 1.12. The quantitative estimate of drug-likeness (QED) is 0.626. The molecule has 0 saturated carbocycles. The number of rotatable bonds is 6. The lowest BCUT2D eigenvalue weighted by Crippen LogP contribution is -2.17. The third-order valence-corrected chi connectivity index (χ3v) is 3.63. The molecular formula is C11H16BrNO2S. The van der Waals surface area contributed by atoms with Gasteiger partial charge in [-0.05, 0) is 25.1 Å². The molecule has 0 aliphatic rings. The number of thioether (sulfide) groups is 1. The average Bonchev–Trinajstić information content (AvgIpc) is 2.27. The van der Waals surface area contributed by atoms with Crippen LogP contribution < -0.4 is 5.73 Å². The molecular weight excluding hydrogens is 290 g/mol. The van der Waals surface area contributed by atoms with Gasteiger partial charge in [-0.2, -0.15) is 0 Å². The van der Waals surface area contributed by atoms with Crippen LogP contribution in [-0.2, 0) is 4.74 Å². The van der Waals surface area contributed by atoms with Gasteiger partial charge in [0.1, 0.15) is 0 Å². The summed E-state index contributed by atoms with van der Waals surface area (Å²) >= 11 is 4.92. The Morgan fingerprint density at radius 3 is 3.00 bits per heavy atom. The van der Waals surface area contributed by atoms with Gasteiger partial charge < -0.3 is 15.6 Å². The highest BCUT2D eigenvalue weighted by molar-refractivity contribution is 9.10. The first-order valence-electron chi connectivity index (χ1n) is 5.07. The van der Waals surface area contributed by atoms with Crippen LogP contribution in [0.25, 0.3) is 0 Å². The van der Waals surface area contributed by atoms with Gasteiger partial charge in [-0.3, -0.25) is 0 Å². The van der Waals surface area contributed by atoms with Crippen molar-refractivity contribution in [3.8, 4) is 0 Å². The van der Waals surface area contributed by atoms with Gasteiger partial charge in [-0.25, -0.2) is 0 Å². The molecule has 1 aromatic carbocycles. The Labute approximate surface area is 108 Å². The second-order valence-corrected chi connectivity index (χ2v) is 5.28. The van der Waals surface area contributed by atoms with E-state index in [9.17, 15) is 5.11 Å². The van der Waals surface area contributed by atoms with Crippen LogP contribution in [0.15, 0.2) is 27.6 Å². The lowest BCUT2D eigenvalue weighted by atomic mass is 10.3. The molecule has 0 aliphatic carbocycles. The van der Waals surface area contributed by atoms with E-state index in [2.05, 4.69) is 15.9 Å². The first-order valence-corrected chi connectivity index (χ1v) is 6.85.